The third-order valence-corrected chi connectivity index (χ3v) is 3.09. The Morgan fingerprint density at radius 2 is 2.27 bits per heavy atom. The van der Waals surface area contributed by atoms with E-state index in [1.54, 1.807) is 0 Å². The molecular weight excluding hydrogens is 186 g/mol. The first-order chi connectivity index (χ1) is 7.27. The van der Waals surface area contributed by atoms with Gasteiger partial charge in [-0.1, -0.05) is 24.3 Å². The number of nitrogens with one attached hydrogen (secondary N) is 1. The number of benzene rings is 1. The third-order valence-electron chi connectivity index (χ3n) is 3.09. The van der Waals surface area contributed by atoms with Crippen molar-refractivity contribution in [3.8, 4) is 0 Å². The van der Waals surface area contributed by atoms with Gasteiger partial charge in [0.15, 0.2) is 0 Å². The molecule has 0 saturated heterocycles. The van der Waals surface area contributed by atoms with Crippen LogP contribution < -0.4 is 5.32 Å². The van der Waals surface area contributed by atoms with Crippen LogP contribution in [0.1, 0.15) is 36.9 Å². The highest BCUT2D eigenvalue weighted by atomic mass is 16.3. The van der Waals surface area contributed by atoms with E-state index in [0.717, 1.165) is 13.0 Å². The molecule has 2 N–H and O–H groups in total. The van der Waals surface area contributed by atoms with Gasteiger partial charge >= 0.3 is 0 Å². The van der Waals surface area contributed by atoms with Crippen LogP contribution in [0.15, 0.2) is 24.3 Å². The topological polar surface area (TPSA) is 32.3 Å². The Kier molecular flexibility index (Phi) is 3.39. The quantitative estimate of drug-likeness (QED) is 0.788. The van der Waals surface area contributed by atoms with Crippen LogP contribution in [0.2, 0.25) is 0 Å². The number of hydrogen-bond donors (Lipinski definition) is 2. The SMILES string of the molecule is C[C@H](O)CCN[C@H]1CCc2ccccc21. The van der Waals surface area contributed by atoms with Crippen molar-refractivity contribution in [2.45, 2.75) is 38.3 Å². The molecular formula is C13H19NO. The van der Waals surface area contributed by atoms with Crippen molar-refractivity contribution in [1.29, 1.82) is 0 Å². The Hall–Kier alpha value is -0.860. The van der Waals surface area contributed by atoms with Crippen LogP contribution in [-0.4, -0.2) is 17.8 Å². The van der Waals surface area contributed by atoms with E-state index in [1.807, 2.05) is 6.92 Å². The predicted octanol–water partition coefficient (Wildman–Crippen LogP) is 2.03. The molecule has 0 saturated carbocycles. The Morgan fingerprint density at radius 3 is 3.07 bits per heavy atom. The van der Waals surface area contributed by atoms with Crippen LogP contribution in [0.5, 0.6) is 0 Å². The van der Waals surface area contributed by atoms with E-state index >= 15 is 0 Å². The van der Waals surface area contributed by atoms with Gasteiger partial charge in [-0.05, 0) is 43.9 Å². The van der Waals surface area contributed by atoms with E-state index < -0.39 is 0 Å². The van der Waals surface area contributed by atoms with Crippen molar-refractivity contribution in [3.63, 3.8) is 0 Å². The summed E-state index contributed by atoms with van der Waals surface area (Å²) in [5, 5.41) is 12.7. The lowest BCUT2D eigenvalue weighted by Crippen LogP contribution is -2.23. The van der Waals surface area contributed by atoms with Gasteiger partial charge in [0.25, 0.3) is 0 Å². The van der Waals surface area contributed by atoms with Crippen molar-refractivity contribution in [2.24, 2.45) is 0 Å². The second-order valence-corrected chi connectivity index (χ2v) is 4.38. The largest absolute Gasteiger partial charge is 0.393 e. The molecule has 0 spiro atoms. The molecule has 2 rings (SSSR count). The molecule has 0 amide bonds. The summed E-state index contributed by atoms with van der Waals surface area (Å²) in [6.07, 6.45) is 3.01. The van der Waals surface area contributed by atoms with Crippen molar-refractivity contribution in [2.75, 3.05) is 6.54 Å². The highest BCUT2D eigenvalue weighted by molar-refractivity contribution is 5.34. The van der Waals surface area contributed by atoms with E-state index in [4.69, 9.17) is 0 Å². The molecule has 2 heteroatoms. The summed E-state index contributed by atoms with van der Waals surface area (Å²) in [4.78, 5) is 0. The fourth-order valence-corrected chi connectivity index (χ4v) is 2.24. The van der Waals surface area contributed by atoms with E-state index in [2.05, 4.69) is 29.6 Å². The summed E-state index contributed by atoms with van der Waals surface area (Å²) in [5.74, 6) is 0. The van der Waals surface area contributed by atoms with E-state index in [-0.39, 0.29) is 6.10 Å². The van der Waals surface area contributed by atoms with Crippen LogP contribution in [-0.2, 0) is 6.42 Å². The number of hydrogen-bond acceptors (Lipinski definition) is 2. The first-order valence-corrected chi connectivity index (χ1v) is 5.76. The molecule has 1 aliphatic carbocycles. The van der Waals surface area contributed by atoms with Gasteiger partial charge in [-0.3, -0.25) is 0 Å². The molecule has 2 nitrogen and oxygen atoms in total. The van der Waals surface area contributed by atoms with Crippen molar-refractivity contribution in [3.05, 3.63) is 35.4 Å². The lowest BCUT2D eigenvalue weighted by molar-refractivity contribution is 0.182. The average molecular weight is 205 g/mol. The minimum absolute atomic E-state index is 0.200. The molecule has 0 fully saturated rings. The van der Waals surface area contributed by atoms with Gasteiger partial charge in [0.05, 0.1) is 6.10 Å². The maximum atomic E-state index is 9.18. The lowest BCUT2D eigenvalue weighted by Gasteiger charge is -2.14. The molecule has 15 heavy (non-hydrogen) atoms. The van der Waals surface area contributed by atoms with Gasteiger partial charge in [0, 0.05) is 6.04 Å². The molecule has 2 atom stereocenters. The number of rotatable bonds is 4. The Bertz CT molecular complexity index is 322. The average Bonchev–Trinajstić information content (AvgIpc) is 2.62. The monoisotopic (exact) mass is 205 g/mol. The van der Waals surface area contributed by atoms with Gasteiger partial charge in [0.2, 0.25) is 0 Å². The summed E-state index contributed by atoms with van der Waals surface area (Å²) in [7, 11) is 0. The molecule has 1 aromatic rings. The number of aliphatic hydroxyl groups excluding tert-OH is 1. The first kappa shape index (κ1) is 10.7. The zero-order chi connectivity index (χ0) is 10.7. The molecule has 82 valence electrons. The Labute approximate surface area is 91.3 Å². The van der Waals surface area contributed by atoms with Gasteiger partial charge in [-0.2, -0.15) is 0 Å². The van der Waals surface area contributed by atoms with Gasteiger partial charge in [-0.15, -0.1) is 0 Å². The van der Waals surface area contributed by atoms with Crippen LogP contribution in [0, 0.1) is 0 Å². The van der Waals surface area contributed by atoms with Gasteiger partial charge < -0.3 is 10.4 Å². The minimum Gasteiger partial charge on any atom is -0.393 e. The summed E-state index contributed by atoms with van der Waals surface area (Å²) < 4.78 is 0. The standard InChI is InChI=1S/C13H19NO/c1-10(15)8-9-14-13-7-6-11-4-2-3-5-12(11)13/h2-5,10,13-15H,6-9H2,1H3/t10-,13-/m0/s1. The van der Waals surface area contributed by atoms with Crippen LogP contribution in [0.4, 0.5) is 0 Å². The lowest BCUT2D eigenvalue weighted by atomic mass is 10.1. The third kappa shape index (κ3) is 2.58. The Morgan fingerprint density at radius 1 is 1.47 bits per heavy atom. The molecule has 0 heterocycles. The maximum Gasteiger partial charge on any atom is 0.0524 e. The van der Waals surface area contributed by atoms with Crippen molar-refractivity contribution < 1.29 is 5.11 Å². The first-order valence-electron chi connectivity index (χ1n) is 5.76. The van der Waals surface area contributed by atoms with E-state index in [9.17, 15) is 5.11 Å². The fraction of sp³-hybridized carbons (Fsp3) is 0.538. The summed E-state index contributed by atoms with van der Waals surface area (Å²) in [5.41, 5.74) is 2.93. The molecule has 1 aromatic carbocycles. The van der Waals surface area contributed by atoms with Crippen molar-refractivity contribution in [1.82, 2.24) is 5.32 Å². The number of aliphatic hydroxyl groups is 1. The summed E-state index contributed by atoms with van der Waals surface area (Å²) in [6, 6.07) is 9.14. The van der Waals surface area contributed by atoms with E-state index in [1.165, 1.54) is 24.0 Å². The molecule has 1 aliphatic rings. The van der Waals surface area contributed by atoms with Crippen LogP contribution >= 0.6 is 0 Å². The summed E-state index contributed by atoms with van der Waals surface area (Å²) in [6.45, 7) is 2.74. The summed E-state index contributed by atoms with van der Waals surface area (Å²) >= 11 is 0. The van der Waals surface area contributed by atoms with Crippen LogP contribution in [0.3, 0.4) is 0 Å². The number of aryl methyl sites for hydroxylation is 1. The smallest absolute Gasteiger partial charge is 0.0524 e. The molecule has 0 radical (unpaired) electrons. The fourth-order valence-electron chi connectivity index (χ4n) is 2.24. The molecule has 0 bridgehead atoms. The van der Waals surface area contributed by atoms with Gasteiger partial charge in [0.1, 0.15) is 0 Å². The Balaban J connectivity index is 1.90. The second-order valence-electron chi connectivity index (χ2n) is 4.38. The highest BCUT2D eigenvalue weighted by Gasteiger charge is 2.20. The molecule has 0 unspecified atom stereocenters. The van der Waals surface area contributed by atoms with Gasteiger partial charge in [-0.25, -0.2) is 0 Å². The maximum absolute atomic E-state index is 9.18. The van der Waals surface area contributed by atoms with E-state index in [0.29, 0.717) is 6.04 Å². The van der Waals surface area contributed by atoms with Crippen LogP contribution in [0.25, 0.3) is 0 Å². The number of fused-ring (bicyclic) bond motifs is 1. The highest BCUT2D eigenvalue weighted by Crippen LogP contribution is 2.30. The molecule has 0 aliphatic heterocycles. The normalized spacial score (nSPS) is 21.3. The molecule has 0 aromatic heterocycles. The van der Waals surface area contributed by atoms with Crippen molar-refractivity contribution >= 4 is 0 Å². The predicted molar refractivity (Wildman–Crippen MR) is 61.8 cm³/mol. The second kappa shape index (κ2) is 4.77. The zero-order valence-electron chi connectivity index (χ0n) is 9.24. The minimum atomic E-state index is -0.200. The zero-order valence-corrected chi connectivity index (χ0v) is 9.24.